The molecule has 1 unspecified atom stereocenters. The summed E-state index contributed by atoms with van der Waals surface area (Å²) in [5.74, 6) is 0.174. The average molecular weight is 271 g/mol. The number of carbonyl (C=O) groups excluding carboxylic acids is 1. The van der Waals surface area contributed by atoms with E-state index in [9.17, 15) is 4.79 Å². The lowest BCUT2D eigenvalue weighted by molar-refractivity contribution is -0.123. The number of carbonyl (C=O) groups is 1. The van der Waals surface area contributed by atoms with Crippen molar-refractivity contribution in [3.8, 4) is 0 Å². The van der Waals surface area contributed by atoms with E-state index in [1.54, 1.807) is 18.2 Å². The number of hydrogen-bond donors (Lipinski definition) is 2. The SMILES string of the molecule is CC(C)C(C)OCC(=O)Nc1ccc(Cl)c(N)c1. The van der Waals surface area contributed by atoms with Crippen molar-refractivity contribution in [1.82, 2.24) is 0 Å². The maximum absolute atomic E-state index is 11.6. The molecule has 0 aliphatic carbocycles. The van der Waals surface area contributed by atoms with Gasteiger partial charge in [0.05, 0.1) is 16.8 Å². The van der Waals surface area contributed by atoms with Gasteiger partial charge in [-0.3, -0.25) is 4.79 Å². The topological polar surface area (TPSA) is 64.3 Å². The number of amides is 1. The maximum atomic E-state index is 11.6. The van der Waals surface area contributed by atoms with E-state index in [0.717, 1.165) is 0 Å². The Morgan fingerprint density at radius 3 is 2.67 bits per heavy atom. The molecule has 0 fully saturated rings. The van der Waals surface area contributed by atoms with Crippen LogP contribution in [0.4, 0.5) is 11.4 Å². The third-order valence-electron chi connectivity index (χ3n) is 2.70. The van der Waals surface area contributed by atoms with Crippen LogP contribution in [0.2, 0.25) is 5.02 Å². The van der Waals surface area contributed by atoms with Crippen LogP contribution in [0, 0.1) is 5.92 Å². The van der Waals surface area contributed by atoms with Crippen molar-refractivity contribution in [3.63, 3.8) is 0 Å². The molecule has 0 saturated heterocycles. The van der Waals surface area contributed by atoms with E-state index >= 15 is 0 Å². The monoisotopic (exact) mass is 270 g/mol. The molecule has 1 amide bonds. The largest absolute Gasteiger partial charge is 0.397 e. The fraction of sp³-hybridized carbons (Fsp3) is 0.462. The first-order valence-corrected chi connectivity index (χ1v) is 6.24. The Morgan fingerprint density at radius 1 is 1.44 bits per heavy atom. The smallest absolute Gasteiger partial charge is 0.250 e. The molecule has 0 aromatic heterocycles. The van der Waals surface area contributed by atoms with E-state index in [-0.39, 0.29) is 18.6 Å². The fourth-order valence-corrected chi connectivity index (χ4v) is 1.34. The van der Waals surface area contributed by atoms with Gasteiger partial charge in [0.15, 0.2) is 0 Å². The first-order valence-electron chi connectivity index (χ1n) is 5.86. The summed E-state index contributed by atoms with van der Waals surface area (Å²) in [4.78, 5) is 11.6. The Bertz CT molecular complexity index is 421. The van der Waals surface area contributed by atoms with Gasteiger partial charge in [0.25, 0.3) is 0 Å². The van der Waals surface area contributed by atoms with E-state index < -0.39 is 0 Å². The first-order chi connectivity index (χ1) is 8.40. The molecule has 0 spiro atoms. The Morgan fingerprint density at radius 2 is 2.11 bits per heavy atom. The Labute approximate surface area is 112 Å². The van der Waals surface area contributed by atoms with Crippen molar-refractivity contribution in [3.05, 3.63) is 23.2 Å². The zero-order valence-electron chi connectivity index (χ0n) is 10.9. The molecule has 0 saturated carbocycles. The highest BCUT2D eigenvalue weighted by molar-refractivity contribution is 6.33. The summed E-state index contributed by atoms with van der Waals surface area (Å²) in [7, 11) is 0. The van der Waals surface area contributed by atoms with Crippen LogP contribution < -0.4 is 11.1 Å². The van der Waals surface area contributed by atoms with Gasteiger partial charge in [-0.05, 0) is 31.0 Å². The second-order valence-corrected chi connectivity index (χ2v) is 4.95. The van der Waals surface area contributed by atoms with Gasteiger partial charge in [0.1, 0.15) is 6.61 Å². The normalized spacial score (nSPS) is 12.5. The summed E-state index contributed by atoms with van der Waals surface area (Å²) in [6.45, 7) is 6.06. The first kappa shape index (κ1) is 14.8. The van der Waals surface area contributed by atoms with E-state index in [4.69, 9.17) is 22.1 Å². The van der Waals surface area contributed by atoms with E-state index in [1.165, 1.54) is 0 Å². The zero-order chi connectivity index (χ0) is 13.7. The van der Waals surface area contributed by atoms with Crippen LogP contribution in [-0.4, -0.2) is 18.6 Å². The minimum absolute atomic E-state index is 0.0296. The van der Waals surface area contributed by atoms with Gasteiger partial charge in [0, 0.05) is 5.69 Å². The maximum Gasteiger partial charge on any atom is 0.250 e. The zero-order valence-corrected chi connectivity index (χ0v) is 11.6. The van der Waals surface area contributed by atoms with Gasteiger partial charge in [-0.15, -0.1) is 0 Å². The fourth-order valence-electron chi connectivity index (χ4n) is 1.22. The lowest BCUT2D eigenvalue weighted by atomic mass is 10.1. The molecule has 5 heteroatoms. The molecule has 0 radical (unpaired) electrons. The molecule has 100 valence electrons. The summed E-state index contributed by atoms with van der Waals surface area (Å²) in [5, 5.41) is 3.17. The second-order valence-electron chi connectivity index (χ2n) is 4.54. The molecule has 0 bridgehead atoms. The quantitative estimate of drug-likeness (QED) is 0.809. The van der Waals surface area contributed by atoms with E-state index in [2.05, 4.69) is 5.32 Å². The number of ether oxygens (including phenoxy) is 1. The summed E-state index contributed by atoms with van der Waals surface area (Å²) in [6.07, 6.45) is 0.0473. The number of nitrogens with two attached hydrogens (primary N) is 1. The van der Waals surface area contributed by atoms with Crippen molar-refractivity contribution < 1.29 is 9.53 Å². The molecular weight excluding hydrogens is 252 g/mol. The van der Waals surface area contributed by atoms with Gasteiger partial charge < -0.3 is 15.8 Å². The number of nitrogen functional groups attached to an aromatic ring is 1. The molecule has 1 aromatic rings. The highest BCUT2D eigenvalue weighted by Crippen LogP contribution is 2.22. The van der Waals surface area contributed by atoms with Crippen LogP contribution in [0.3, 0.4) is 0 Å². The summed E-state index contributed by atoms with van der Waals surface area (Å²) >= 11 is 5.79. The third kappa shape index (κ3) is 4.55. The number of hydrogen-bond acceptors (Lipinski definition) is 3. The molecule has 0 heterocycles. The van der Waals surface area contributed by atoms with Crippen molar-refractivity contribution in [2.45, 2.75) is 26.9 Å². The standard InChI is InChI=1S/C13H19ClN2O2/c1-8(2)9(3)18-7-13(17)16-10-4-5-11(14)12(15)6-10/h4-6,8-9H,7,15H2,1-3H3,(H,16,17). The van der Waals surface area contributed by atoms with Crippen LogP contribution in [0.25, 0.3) is 0 Å². The molecule has 1 atom stereocenters. The third-order valence-corrected chi connectivity index (χ3v) is 3.04. The van der Waals surface area contributed by atoms with Crippen LogP contribution in [-0.2, 0) is 9.53 Å². The van der Waals surface area contributed by atoms with Crippen LogP contribution in [0.15, 0.2) is 18.2 Å². The number of benzene rings is 1. The Balaban J connectivity index is 2.47. The number of rotatable bonds is 5. The van der Waals surface area contributed by atoms with E-state index in [1.807, 2.05) is 20.8 Å². The van der Waals surface area contributed by atoms with Gasteiger partial charge >= 0.3 is 0 Å². The van der Waals surface area contributed by atoms with Gasteiger partial charge in [0.2, 0.25) is 5.91 Å². The summed E-state index contributed by atoms with van der Waals surface area (Å²) in [5.41, 5.74) is 6.69. The lowest BCUT2D eigenvalue weighted by Gasteiger charge is -2.16. The number of nitrogens with one attached hydrogen (secondary N) is 1. The van der Waals surface area contributed by atoms with Gasteiger partial charge in [-0.2, -0.15) is 0 Å². The van der Waals surface area contributed by atoms with Crippen LogP contribution in [0.5, 0.6) is 0 Å². The predicted octanol–water partition coefficient (Wildman–Crippen LogP) is 2.92. The van der Waals surface area contributed by atoms with Crippen molar-refractivity contribution >= 4 is 28.9 Å². The minimum Gasteiger partial charge on any atom is -0.397 e. The molecule has 0 aliphatic heterocycles. The second kappa shape index (κ2) is 6.61. The van der Waals surface area contributed by atoms with Crippen molar-refractivity contribution in [2.24, 2.45) is 5.92 Å². The number of anilines is 2. The molecule has 1 aromatic carbocycles. The lowest BCUT2D eigenvalue weighted by Crippen LogP contribution is -2.24. The molecule has 4 nitrogen and oxygen atoms in total. The predicted molar refractivity (Wildman–Crippen MR) is 74.7 cm³/mol. The van der Waals surface area contributed by atoms with E-state index in [0.29, 0.717) is 22.3 Å². The average Bonchev–Trinajstić information content (AvgIpc) is 2.30. The molecule has 1 rings (SSSR count). The highest BCUT2D eigenvalue weighted by Gasteiger charge is 2.10. The molecule has 0 aliphatic rings. The van der Waals surface area contributed by atoms with Crippen molar-refractivity contribution in [2.75, 3.05) is 17.7 Å². The van der Waals surface area contributed by atoms with Crippen LogP contribution >= 0.6 is 11.6 Å². The van der Waals surface area contributed by atoms with Crippen molar-refractivity contribution in [1.29, 1.82) is 0 Å². The Hall–Kier alpha value is -1.26. The highest BCUT2D eigenvalue weighted by atomic mass is 35.5. The Kier molecular flexibility index (Phi) is 5.44. The van der Waals surface area contributed by atoms with Gasteiger partial charge in [-0.25, -0.2) is 0 Å². The summed E-state index contributed by atoms with van der Waals surface area (Å²) < 4.78 is 5.42. The summed E-state index contributed by atoms with van der Waals surface area (Å²) in [6, 6.07) is 4.96. The number of halogens is 1. The molecule has 18 heavy (non-hydrogen) atoms. The van der Waals surface area contributed by atoms with Crippen LogP contribution in [0.1, 0.15) is 20.8 Å². The minimum atomic E-state index is -0.204. The molecule has 3 N–H and O–H groups in total. The van der Waals surface area contributed by atoms with Gasteiger partial charge in [-0.1, -0.05) is 25.4 Å². The molecular formula is C13H19ClN2O2.